The number of nitrogens with two attached hydrogens (primary N) is 1. The Kier molecular flexibility index (Phi) is 4.78. The Labute approximate surface area is 115 Å². The van der Waals surface area contributed by atoms with Crippen LogP contribution in [0.25, 0.3) is 0 Å². The van der Waals surface area contributed by atoms with Gasteiger partial charge in [0.1, 0.15) is 16.4 Å². The number of likely N-dealkylation sites (N-methyl/N-ethyl adjacent to an activating group) is 1. The summed E-state index contributed by atoms with van der Waals surface area (Å²) in [6, 6.07) is 1.47. The highest BCUT2D eigenvalue weighted by molar-refractivity contribution is 7.89. The molecule has 7 heteroatoms. The highest BCUT2D eigenvalue weighted by atomic mass is 32.2. The van der Waals surface area contributed by atoms with Crippen molar-refractivity contribution in [3.8, 4) is 0 Å². The van der Waals surface area contributed by atoms with Gasteiger partial charge < -0.3 is 15.1 Å². The van der Waals surface area contributed by atoms with Crippen molar-refractivity contribution in [2.75, 3.05) is 20.6 Å². The first kappa shape index (κ1) is 16.2. The van der Waals surface area contributed by atoms with Crippen LogP contribution < -0.4 is 10.5 Å². The molecule has 0 aliphatic heterocycles. The number of nitrogens with one attached hydrogen (secondary N) is 1. The van der Waals surface area contributed by atoms with Crippen LogP contribution in [0.4, 0.5) is 0 Å². The number of rotatable bonds is 6. The summed E-state index contributed by atoms with van der Waals surface area (Å²) in [4.78, 5) is 2.12. The second-order valence-corrected chi connectivity index (χ2v) is 7.10. The number of hydrogen-bond donors (Lipinski definition) is 2. The molecule has 0 amide bonds. The van der Waals surface area contributed by atoms with Gasteiger partial charge in [0, 0.05) is 18.2 Å². The van der Waals surface area contributed by atoms with Crippen LogP contribution in [0, 0.1) is 6.92 Å². The van der Waals surface area contributed by atoms with Crippen molar-refractivity contribution in [3.63, 3.8) is 0 Å². The standard InChI is InChI=1S/C12H23N3O3S/c1-9-11(6-10(7-13)18-9)19(16,17)14-8-12(2,3)15(4)5/h6,14H,7-8,13H2,1-5H3. The van der Waals surface area contributed by atoms with Crippen molar-refractivity contribution in [2.24, 2.45) is 5.73 Å². The van der Waals surface area contributed by atoms with Crippen LogP contribution in [0.5, 0.6) is 0 Å². The summed E-state index contributed by atoms with van der Waals surface area (Å²) in [5.74, 6) is 0.820. The first-order valence-corrected chi connectivity index (χ1v) is 7.55. The third kappa shape index (κ3) is 3.79. The quantitative estimate of drug-likeness (QED) is 0.803. The maximum absolute atomic E-state index is 12.2. The smallest absolute Gasteiger partial charge is 0.244 e. The fourth-order valence-electron chi connectivity index (χ4n) is 1.40. The van der Waals surface area contributed by atoms with Crippen molar-refractivity contribution >= 4 is 10.0 Å². The maximum atomic E-state index is 12.2. The molecule has 0 saturated carbocycles. The summed E-state index contributed by atoms with van der Waals surface area (Å²) < 4.78 is 32.3. The van der Waals surface area contributed by atoms with E-state index in [4.69, 9.17) is 10.2 Å². The Hall–Kier alpha value is -0.890. The van der Waals surface area contributed by atoms with Crippen molar-refractivity contribution < 1.29 is 12.8 Å². The molecule has 0 atom stereocenters. The lowest BCUT2D eigenvalue weighted by Gasteiger charge is -2.32. The summed E-state index contributed by atoms with van der Waals surface area (Å²) in [7, 11) is 0.240. The molecule has 0 spiro atoms. The van der Waals surface area contributed by atoms with Crippen LogP contribution in [0.1, 0.15) is 25.4 Å². The van der Waals surface area contributed by atoms with Crippen molar-refractivity contribution in [1.29, 1.82) is 0 Å². The Morgan fingerprint density at radius 3 is 2.42 bits per heavy atom. The van der Waals surface area contributed by atoms with E-state index >= 15 is 0 Å². The topological polar surface area (TPSA) is 88.6 Å². The van der Waals surface area contributed by atoms with E-state index < -0.39 is 10.0 Å². The number of sulfonamides is 1. The predicted octanol–water partition coefficient (Wildman–Crippen LogP) is 0.665. The molecule has 3 N–H and O–H groups in total. The van der Waals surface area contributed by atoms with E-state index in [9.17, 15) is 8.42 Å². The van der Waals surface area contributed by atoms with Gasteiger partial charge in [-0.1, -0.05) is 0 Å². The molecular weight excluding hydrogens is 266 g/mol. The summed E-state index contributed by atoms with van der Waals surface area (Å²) in [6.45, 7) is 6.03. The second-order valence-electron chi connectivity index (χ2n) is 5.37. The molecule has 0 aliphatic rings. The Morgan fingerprint density at radius 1 is 1.42 bits per heavy atom. The fraction of sp³-hybridized carbons (Fsp3) is 0.667. The monoisotopic (exact) mass is 289 g/mol. The number of hydrogen-bond acceptors (Lipinski definition) is 5. The first-order chi connectivity index (χ1) is 8.60. The highest BCUT2D eigenvalue weighted by Gasteiger charge is 2.26. The summed E-state index contributed by atoms with van der Waals surface area (Å²) in [6.07, 6.45) is 0. The average molecular weight is 289 g/mol. The van der Waals surface area contributed by atoms with Gasteiger partial charge in [0.25, 0.3) is 0 Å². The van der Waals surface area contributed by atoms with Gasteiger partial charge in [-0.15, -0.1) is 0 Å². The van der Waals surface area contributed by atoms with Gasteiger partial charge in [-0.2, -0.15) is 0 Å². The lowest BCUT2D eigenvalue weighted by atomic mass is 10.1. The SMILES string of the molecule is Cc1oc(CN)cc1S(=O)(=O)NCC(C)(C)N(C)C. The minimum absolute atomic E-state index is 0.155. The van der Waals surface area contributed by atoms with E-state index in [1.54, 1.807) is 6.92 Å². The van der Waals surface area contributed by atoms with Gasteiger partial charge in [0.05, 0.1) is 6.54 Å². The Balaban J connectivity index is 2.90. The van der Waals surface area contributed by atoms with E-state index in [0.29, 0.717) is 18.1 Å². The summed E-state index contributed by atoms with van der Waals surface area (Å²) in [5, 5.41) is 0. The third-order valence-corrected chi connectivity index (χ3v) is 4.83. The van der Waals surface area contributed by atoms with Crippen molar-refractivity contribution in [2.45, 2.75) is 37.8 Å². The zero-order valence-corrected chi connectivity index (χ0v) is 13.0. The van der Waals surface area contributed by atoms with Crippen molar-refractivity contribution in [3.05, 3.63) is 17.6 Å². The van der Waals surface area contributed by atoms with Gasteiger partial charge in [0.2, 0.25) is 10.0 Å². The lowest BCUT2D eigenvalue weighted by Crippen LogP contribution is -2.48. The number of nitrogens with zero attached hydrogens (tertiary/aromatic N) is 1. The van der Waals surface area contributed by atoms with Gasteiger partial charge in [-0.25, -0.2) is 13.1 Å². The van der Waals surface area contributed by atoms with Gasteiger partial charge in [-0.05, 0) is 34.9 Å². The minimum atomic E-state index is -3.57. The molecule has 0 aromatic carbocycles. The lowest BCUT2D eigenvalue weighted by molar-refractivity contribution is 0.199. The molecule has 0 radical (unpaired) electrons. The maximum Gasteiger partial charge on any atom is 0.244 e. The van der Waals surface area contributed by atoms with Crippen LogP contribution in [0.3, 0.4) is 0 Å². The Bertz CT molecular complexity index is 532. The molecule has 1 heterocycles. The van der Waals surface area contributed by atoms with Gasteiger partial charge in [-0.3, -0.25) is 0 Å². The first-order valence-electron chi connectivity index (χ1n) is 6.06. The number of aryl methyl sites for hydroxylation is 1. The molecule has 0 fully saturated rings. The third-order valence-electron chi connectivity index (χ3n) is 3.32. The summed E-state index contributed by atoms with van der Waals surface area (Å²) in [5.41, 5.74) is 5.17. The van der Waals surface area contributed by atoms with Crippen LogP contribution in [-0.4, -0.2) is 39.5 Å². The fourth-order valence-corrected chi connectivity index (χ4v) is 2.80. The average Bonchev–Trinajstić information content (AvgIpc) is 2.69. The van der Waals surface area contributed by atoms with Gasteiger partial charge >= 0.3 is 0 Å². The van der Waals surface area contributed by atoms with Crippen LogP contribution in [0.2, 0.25) is 0 Å². The molecule has 0 saturated heterocycles. The van der Waals surface area contributed by atoms with Gasteiger partial charge in [0.15, 0.2) is 0 Å². The Morgan fingerprint density at radius 2 is 2.00 bits per heavy atom. The van der Waals surface area contributed by atoms with Crippen molar-refractivity contribution in [1.82, 2.24) is 9.62 Å². The van der Waals surface area contributed by atoms with E-state index in [2.05, 4.69) is 4.72 Å². The molecular formula is C12H23N3O3S. The highest BCUT2D eigenvalue weighted by Crippen LogP contribution is 2.20. The minimum Gasteiger partial charge on any atom is -0.464 e. The second kappa shape index (κ2) is 5.62. The molecule has 1 aromatic rings. The molecule has 0 unspecified atom stereocenters. The molecule has 0 aliphatic carbocycles. The van der Waals surface area contributed by atoms with Crippen LogP contribution in [0.15, 0.2) is 15.4 Å². The zero-order valence-electron chi connectivity index (χ0n) is 12.1. The largest absolute Gasteiger partial charge is 0.464 e. The van der Waals surface area contributed by atoms with E-state index in [1.807, 2.05) is 32.8 Å². The molecule has 6 nitrogen and oxygen atoms in total. The normalized spacial score (nSPS) is 13.2. The van der Waals surface area contributed by atoms with E-state index in [1.165, 1.54) is 6.07 Å². The summed E-state index contributed by atoms with van der Waals surface area (Å²) >= 11 is 0. The van der Waals surface area contributed by atoms with E-state index in [0.717, 1.165) is 0 Å². The predicted molar refractivity (Wildman–Crippen MR) is 74.3 cm³/mol. The molecule has 1 aromatic heterocycles. The molecule has 1 rings (SSSR count). The number of furan rings is 1. The van der Waals surface area contributed by atoms with Crippen LogP contribution in [-0.2, 0) is 16.6 Å². The molecule has 0 bridgehead atoms. The molecule has 19 heavy (non-hydrogen) atoms. The van der Waals surface area contributed by atoms with Crippen LogP contribution >= 0.6 is 0 Å². The zero-order chi connectivity index (χ0) is 14.8. The van der Waals surface area contributed by atoms with E-state index in [-0.39, 0.29) is 17.0 Å². The molecule has 110 valence electrons.